The minimum Gasteiger partial charge on any atom is -0.497 e. The number of ether oxygens (including phenoxy) is 1. The summed E-state index contributed by atoms with van der Waals surface area (Å²) in [7, 11) is 7.45. The molecular weight excluding hydrogens is 620 g/mol. The second-order valence-electron chi connectivity index (χ2n) is 12.7. The first-order chi connectivity index (χ1) is 23.7. The van der Waals surface area contributed by atoms with Crippen molar-refractivity contribution in [3.05, 3.63) is 93.6 Å². The van der Waals surface area contributed by atoms with Crippen LogP contribution in [0.4, 0.5) is 5.69 Å². The first-order valence-electron chi connectivity index (χ1n) is 16.6. The number of fused-ring (bicyclic) bond motifs is 2. The van der Waals surface area contributed by atoms with Gasteiger partial charge in [0.1, 0.15) is 5.75 Å². The number of imide groups is 1. The summed E-state index contributed by atoms with van der Waals surface area (Å²) in [5, 5.41) is 8.91. The van der Waals surface area contributed by atoms with Gasteiger partial charge < -0.3 is 30.2 Å². The molecular formula is C38H42N6O5. The number of rotatable bonds is 14. The molecule has 0 fully saturated rings. The molecule has 11 heteroatoms. The van der Waals surface area contributed by atoms with Gasteiger partial charge in [-0.2, -0.15) is 0 Å². The molecule has 49 heavy (non-hydrogen) atoms. The zero-order valence-electron chi connectivity index (χ0n) is 28.4. The maximum absolute atomic E-state index is 13.9. The molecule has 1 aliphatic rings. The van der Waals surface area contributed by atoms with Gasteiger partial charge in [-0.05, 0) is 94.9 Å². The van der Waals surface area contributed by atoms with Crippen molar-refractivity contribution >= 4 is 56.0 Å². The van der Waals surface area contributed by atoms with Gasteiger partial charge in [0.2, 0.25) is 0 Å². The summed E-state index contributed by atoms with van der Waals surface area (Å²) in [6.45, 7) is 3.57. The number of H-pyrrole nitrogens is 1. The van der Waals surface area contributed by atoms with Crippen LogP contribution in [-0.4, -0.2) is 105 Å². The Bertz CT molecular complexity index is 2070. The van der Waals surface area contributed by atoms with E-state index in [0.29, 0.717) is 89.1 Å². The van der Waals surface area contributed by atoms with Crippen molar-refractivity contribution in [2.75, 3.05) is 72.8 Å². The van der Waals surface area contributed by atoms with Crippen molar-refractivity contribution in [1.82, 2.24) is 25.0 Å². The van der Waals surface area contributed by atoms with Crippen molar-refractivity contribution in [1.29, 1.82) is 0 Å². The van der Waals surface area contributed by atoms with Gasteiger partial charge in [-0.1, -0.05) is 24.3 Å². The lowest BCUT2D eigenvalue weighted by molar-refractivity contribution is 0.0604. The second kappa shape index (κ2) is 14.5. The Morgan fingerprint density at radius 2 is 1.55 bits per heavy atom. The fourth-order valence-corrected chi connectivity index (χ4v) is 6.48. The monoisotopic (exact) mass is 662 g/mol. The Labute approximate surface area is 284 Å². The molecule has 3 N–H and O–H groups in total. The van der Waals surface area contributed by atoms with E-state index in [1.807, 2.05) is 50.3 Å². The lowest BCUT2D eigenvalue weighted by Gasteiger charge is -2.28. The summed E-state index contributed by atoms with van der Waals surface area (Å²) in [5.41, 5.74) is 3.10. The highest BCUT2D eigenvalue weighted by molar-refractivity contribution is 6.25. The maximum atomic E-state index is 13.9. The lowest BCUT2D eigenvalue weighted by Crippen LogP contribution is -2.41. The molecule has 1 aliphatic heterocycles. The van der Waals surface area contributed by atoms with E-state index in [1.54, 1.807) is 49.6 Å². The number of amides is 3. The minimum atomic E-state index is -0.252. The Morgan fingerprint density at radius 3 is 2.24 bits per heavy atom. The van der Waals surface area contributed by atoms with Crippen LogP contribution in [0.2, 0.25) is 0 Å². The van der Waals surface area contributed by atoms with E-state index >= 15 is 0 Å². The van der Waals surface area contributed by atoms with Crippen LogP contribution in [0, 0.1) is 0 Å². The van der Waals surface area contributed by atoms with E-state index in [0.717, 1.165) is 23.7 Å². The molecule has 0 spiro atoms. The predicted octanol–water partition coefficient (Wildman–Crippen LogP) is 4.55. The predicted molar refractivity (Wildman–Crippen MR) is 194 cm³/mol. The molecule has 0 bridgehead atoms. The number of nitrogens with one attached hydrogen (secondary N) is 3. The number of aromatic amines is 1. The Kier molecular flexibility index (Phi) is 9.93. The first kappa shape index (κ1) is 33.6. The van der Waals surface area contributed by atoms with Gasteiger partial charge in [-0.25, -0.2) is 0 Å². The standard InChI is InChI=1S/C38H42N6O5/c1-42(2)22-18-40-36(46)28-14-16-31(33-34(28)41-30-15-13-25(49-4)23-29(30)35(33)45)39-17-7-19-43(3)20-8-21-44-37(47)26-11-5-9-24-10-6-12-27(32(24)26)38(44)48/h5-6,9-16,23,39H,7-8,17-22H2,1-4H3,(H,40,46)(H,41,45). The second-order valence-corrected chi connectivity index (χ2v) is 12.7. The summed E-state index contributed by atoms with van der Waals surface area (Å²) in [4.78, 5) is 62.4. The van der Waals surface area contributed by atoms with Gasteiger partial charge >= 0.3 is 0 Å². The van der Waals surface area contributed by atoms with Gasteiger partial charge in [0.05, 0.1) is 29.1 Å². The molecule has 5 aromatic rings. The number of carbonyl (C=O) groups is 3. The third-order valence-corrected chi connectivity index (χ3v) is 9.06. The van der Waals surface area contributed by atoms with Crippen LogP contribution < -0.4 is 20.8 Å². The van der Waals surface area contributed by atoms with Gasteiger partial charge in [0.15, 0.2) is 5.43 Å². The van der Waals surface area contributed by atoms with E-state index in [2.05, 4.69) is 20.5 Å². The first-order valence-corrected chi connectivity index (χ1v) is 16.6. The number of carbonyl (C=O) groups excluding carboxylic acids is 3. The summed E-state index contributed by atoms with van der Waals surface area (Å²) >= 11 is 0. The number of nitrogens with zero attached hydrogens (tertiary/aromatic N) is 3. The fraction of sp³-hybridized carbons (Fsp3) is 0.316. The smallest absolute Gasteiger partial charge is 0.261 e. The number of benzene rings is 4. The third-order valence-electron chi connectivity index (χ3n) is 9.06. The van der Waals surface area contributed by atoms with Crippen LogP contribution in [0.3, 0.4) is 0 Å². The molecule has 1 aromatic heterocycles. The van der Waals surface area contributed by atoms with Crippen molar-refractivity contribution in [2.24, 2.45) is 0 Å². The van der Waals surface area contributed by atoms with Gasteiger partial charge in [0.25, 0.3) is 17.7 Å². The summed E-state index contributed by atoms with van der Waals surface area (Å²) in [5.74, 6) is -0.167. The van der Waals surface area contributed by atoms with Crippen LogP contribution in [0.25, 0.3) is 32.6 Å². The zero-order chi connectivity index (χ0) is 34.7. The molecule has 0 radical (unpaired) electrons. The van der Waals surface area contributed by atoms with Gasteiger partial charge in [-0.15, -0.1) is 0 Å². The molecule has 6 rings (SSSR count). The third kappa shape index (κ3) is 6.85. The van der Waals surface area contributed by atoms with Crippen LogP contribution in [0.1, 0.15) is 43.9 Å². The molecule has 0 aliphatic carbocycles. The molecule has 0 atom stereocenters. The average molecular weight is 663 g/mol. The Morgan fingerprint density at radius 1 is 0.837 bits per heavy atom. The molecule has 11 nitrogen and oxygen atoms in total. The SMILES string of the molecule is COc1ccc2[nH]c3c(C(=O)NCCN(C)C)ccc(NCCCN(C)CCCN4C(=O)c5cccc6cccc(c56)C4=O)c3c(=O)c2c1. The molecule has 0 saturated heterocycles. The Hall–Kier alpha value is -5.26. The van der Waals surface area contributed by atoms with Crippen molar-refractivity contribution in [2.45, 2.75) is 12.8 Å². The fourth-order valence-electron chi connectivity index (χ4n) is 6.48. The minimum absolute atomic E-state index is 0.189. The molecule has 0 saturated carbocycles. The number of aromatic nitrogens is 1. The molecule has 0 unspecified atom stereocenters. The van der Waals surface area contributed by atoms with E-state index in [-0.39, 0.29) is 23.2 Å². The number of likely N-dealkylation sites (N-methyl/N-ethyl adjacent to an activating group) is 1. The van der Waals surface area contributed by atoms with E-state index in [4.69, 9.17) is 4.74 Å². The number of methoxy groups -OCH3 is 1. The summed E-state index contributed by atoms with van der Waals surface area (Å²) in [6, 6.07) is 19.9. The quantitative estimate of drug-likeness (QED) is 0.0898. The van der Waals surface area contributed by atoms with E-state index in [9.17, 15) is 19.2 Å². The number of hydrogen-bond acceptors (Lipinski definition) is 8. The highest BCUT2D eigenvalue weighted by atomic mass is 16.5. The van der Waals surface area contributed by atoms with Crippen molar-refractivity contribution < 1.29 is 19.1 Å². The number of hydrogen-bond donors (Lipinski definition) is 3. The van der Waals surface area contributed by atoms with Gasteiger partial charge in [-0.3, -0.25) is 24.1 Å². The van der Waals surface area contributed by atoms with Crippen molar-refractivity contribution in [3.63, 3.8) is 0 Å². The topological polar surface area (TPSA) is 127 Å². The normalized spacial score (nSPS) is 12.9. The van der Waals surface area contributed by atoms with E-state index < -0.39 is 0 Å². The van der Waals surface area contributed by atoms with Crippen LogP contribution in [0.5, 0.6) is 5.75 Å². The summed E-state index contributed by atoms with van der Waals surface area (Å²) in [6.07, 6.45) is 1.43. The largest absolute Gasteiger partial charge is 0.497 e. The molecule has 3 amide bonds. The lowest BCUT2D eigenvalue weighted by atomic mass is 9.94. The number of pyridine rings is 1. The van der Waals surface area contributed by atoms with Gasteiger partial charge in [0, 0.05) is 53.8 Å². The highest BCUT2D eigenvalue weighted by Crippen LogP contribution is 2.30. The van der Waals surface area contributed by atoms with Crippen LogP contribution in [0.15, 0.2) is 71.5 Å². The van der Waals surface area contributed by atoms with Crippen molar-refractivity contribution in [3.8, 4) is 5.75 Å². The molecule has 2 heterocycles. The van der Waals surface area contributed by atoms with E-state index in [1.165, 1.54) is 4.90 Å². The van der Waals surface area contributed by atoms with Crippen LogP contribution in [-0.2, 0) is 0 Å². The highest BCUT2D eigenvalue weighted by Gasteiger charge is 2.32. The average Bonchev–Trinajstić information content (AvgIpc) is 3.10. The Balaban J connectivity index is 1.10. The number of anilines is 1. The zero-order valence-corrected chi connectivity index (χ0v) is 28.4. The maximum Gasteiger partial charge on any atom is 0.261 e. The molecule has 4 aromatic carbocycles. The summed E-state index contributed by atoms with van der Waals surface area (Å²) < 4.78 is 5.37. The molecule has 254 valence electrons. The van der Waals surface area contributed by atoms with Crippen LogP contribution >= 0.6 is 0 Å².